The molecule has 0 aliphatic rings. The predicted octanol–water partition coefficient (Wildman–Crippen LogP) is 7.89. The van der Waals surface area contributed by atoms with E-state index >= 15 is 0 Å². The van der Waals surface area contributed by atoms with Gasteiger partial charge in [0.1, 0.15) is 0 Å². The summed E-state index contributed by atoms with van der Waals surface area (Å²) in [5, 5.41) is 10.5. The quantitative estimate of drug-likeness (QED) is 0.209. The van der Waals surface area contributed by atoms with Crippen LogP contribution in [0.2, 0.25) is 17.7 Å². The second kappa shape index (κ2) is 13.4. The van der Waals surface area contributed by atoms with Crippen LogP contribution in [-0.2, 0) is 0 Å². The van der Waals surface area contributed by atoms with Crippen molar-refractivity contribution < 1.29 is 5.11 Å². The van der Waals surface area contributed by atoms with E-state index in [0.717, 1.165) is 10.0 Å². The Hall–Kier alpha value is 0.199. The molecule has 1 nitrogen and oxygen atoms in total. The third-order valence-corrected chi connectivity index (χ3v) is 21.3. The number of unbranched alkanes of at least 4 members (excludes halogenated alkanes) is 3. The zero-order chi connectivity index (χ0) is 18.5. The van der Waals surface area contributed by atoms with E-state index < -0.39 is 24.5 Å². The van der Waals surface area contributed by atoms with Gasteiger partial charge in [0.25, 0.3) is 0 Å². The SMILES string of the molecule is CCC[CH2][Sn]([CH2]C=CC(O)c1ccccc1Br)([CH2]CCC)[CH2]CCC. The Morgan fingerprint density at radius 3 is 1.96 bits per heavy atom. The molecule has 142 valence electrons. The summed E-state index contributed by atoms with van der Waals surface area (Å²) in [4.78, 5) is 0. The van der Waals surface area contributed by atoms with Crippen LogP contribution in [0.4, 0.5) is 0 Å². The van der Waals surface area contributed by atoms with E-state index in [0.29, 0.717) is 0 Å². The van der Waals surface area contributed by atoms with E-state index in [1.54, 1.807) is 0 Å². The molecule has 25 heavy (non-hydrogen) atoms. The van der Waals surface area contributed by atoms with Gasteiger partial charge in [-0.3, -0.25) is 0 Å². The molecule has 0 fully saturated rings. The molecule has 0 heterocycles. The van der Waals surface area contributed by atoms with E-state index in [4.69, 9.17) is 0 Å². The Bertz CT molecular complexity index is 479. The molecular weight excluding hydrogens is 479 g/mol. The molecule has 1 rings (SSSR count). The molecule has 1 aromatic carbocycles. The van der Waals surface area contributed by atoms with Crippen LogP contribution >= 0.6 is 15.9 Å². The number of aliphatic hydroxyl groups is 1. The summed E-state index contributed by atoms with van der Waals surface area (Å²) in [5.74, 6) is 0. The van der Waals surface area contributed by atoms with Crippen molar-refractivity contribution in [2.45, 2.75) is 83.1 Å². The Labute approximate surface area is 168 Å². The first-order valence-electron chi connectivity index (χ1n) is 10.2. The molecule has 0 saturated carbocycles. The Kier molecular flexibility index (Phi) is 12.4. The number of hydrogen-bond donors (Lipinski definition) is 1. The molecule has 0 amide bonds. The normalized spacial score (nSPS) is 13.5. The van der Waals surface area contributed by atoms with E-state index in [-0.39, 0.29) is 0 Å². The van der Waals surface area contributed by atoms with Crippen LogP contribution in [-0.4, -0.2) is 23.5 Å². The standard InChI is InChI=1S/C10H10BrO.3C4H9.Sn/c1-2-5-10(12)8-6-3-4-7-9(8)11;3*1-3-4-2;/h2-7,10,12H,1H2;3*1,3-4H2,2H3;. The first kappa shape index (κ1) is 23.2. The van der Waals surface area contributed by atoms with Gasteiger partial charge in [-0.05, 0) is 0 Å². The van der Waals surface area contributed by atoms with Gasteiger partial charge in [-0.1, -0.05) is 0 Å². The molecule has 1 N–H and O–H groups in total. The van der Waals surface area contributed by atoms with Crippen LogP contribution < -0.4 is 0 Å². The van der Waals surface area contributed by atoms with Gasteiger partial charge < -0.3 is 0 Å². The summed E-state index contributed by atoms with van der Waals surface area (Å²) in [6.07, 6.45) is 12.1. The van der Waals surface area contributed by atoms with Crippen molar-refractivity contribution >= 4 is 34.3 Å². The number of allylic oxidation sites excluding steroid dienone is 1. The molecule has 1 aromatic rings. The summed E-state index contributed by atoms with van der Waals surface area (Å²) < 4.78 is 6.88. The van der Waals surface area contributed by atoms with Crippen molar-refractivity contribution in [1.29, 1.82) is 0 Å². The molecule has 3 heteroatoms. The average Bonchev–Trinajstić information content (AvgIpc) is 2.62. The van der Waals surface area contributed by atoms with Crippen LogP contribution in [0.1, 0.15) is 71.0 Å². The second-order valence-corrected chi connectivity index (χ2v) is 22.3. The summed E-state index contributed by atoms with van der Waals surface area (Å²) in [5.41, 5.74) is 0.968. The monoisotopic (exact) mass is 516 g/mol. The number of benzene rings is 1. The fraction of sp³-hybridized carbons (Fsp3) is 0.636. The first-order valence-corrected chi connectivity index (χ1v) is 19.0. The van der Waals surface area contributed by atoms with E-state index in [1.165, 1.54) is 56.3 Å². The van der Waals surface area contributed by atoms with Crippen LogP contribution in [0.5, 0.6) is 0 Å². The number of aliphatic hydroxyl groups excluding tert-OH is 1. The average molecular weight is 516 g/mol. The third-order valence-electron chi connectivity index (χ3n) is 5.28. The Morgan fingerprint density at radius 2 is 1.48 bits per heavy atom. The molecule has 0 radical (unpaired) electrons. The van der Waals surface area contributed by atoms with E-state index in [1.807, 2.05) is 30.3 Å². The molecule has 0 aromatic heterocycles. The van der Waals surface area contributed by atoms with E-state index in [2.05, 4.69) is 42.8 Å². The minimum absolute atomic E-state index is 0.497. The fourth-order valence-corrected chi connectivity index (χ4v) is 19.3. The zero-order valence-corrected chi connectivity index (χ0v) is 20.9. The summed E-state index contributed by atoms with van der Waals surface area (Å²) in [6, 6.07) is 7.98. The molecule has 1 unspecified atom stereocenters. The maximum absolute atomic E-state index is 10.5. The minimum atomic E-state index is -2.11. The van der Waals surface area contributed by atoms with Crippen molar-refractivity contribution in [3.05, 3.63) is 46.5 Å². The van der Waals surface area contributed by atoms with Crippen LogP contribution in [0.25, 0.3) is 0 Å². The van der Waals surface area contributed by atoms with Crippen LogP contribution in [0, 0.1) is 0 Å². The second-order valence-electron chi connectivity index (χ2n) is 7.41. The number of hydrogen-bond acceptors (Lipinski definition) is 1. The van der Waals surface area contributed by atoms with Crippen molar-refractivity contribution in [2.75, 3.05) is 0 Å². The molecular formula is C22H37BrOSn. The first-order chi connectivity index (χ1) is 12.1. The summed E-state index contributed by atoms with van der Waals surface area (Å²) >= 11 is 1.44. The number of halogens is 1. The fourth-order valence-electron chi connectivity index (χ4n) is 3.60. The van der Waals surface area contributed by atoms with Crippen molar-refractivity contribution in [2.24, 2.45) is 0 Å². The van der Waals surface area contributed by atoms with Gasteiger partial charge in [0.15, 0.2) is 0 Å². The molecule has 0 bridgehead atoms. The van der Waals surface area contributed by atoms with Gasteiger partial charge in [-0.15, -0.1) is 0 Å². The van der Waals surface area contributed by atoms with Gasteiger partial charge in [0, 0.05) is 0 Å². The summed E-state index contributed by atoms with van der Waals surface area (Å²) in [7, 11) is 0. The third kappa shape index (κ3) is 8.62. The van der Waals surface area contributed by atoms with Crippen molar-refractivity contribution in [3.63, 3.8) is 0 Å². The topological polar surface area (TPSA) is 20.2 Å². The van der Waals surface area contributed by atoms with Gasteiger partial charge in [0.2, 0.25) is 0 Å². The van der Waals surface area contributed by atoms with E-state index in [9.17, 15) is 5.11 Å². The summed E-state index contributed by atoms with van der Waals surface area (Å²) in [6.45, 7) is 6.97. The molecule has 1 atom stereocenters. The van der Waals surface area contributed by atoms with Gasteiger partial charge >= 0.3 is 169 Å². The maximum atomic E-state index is 10.5. The van der Waals surface area contributed by atoms with Gasteiger partial charge in [0.05, 0.1) is 0 Å². The van der Waals surface area contributed by atoms with Crippen molar-refractivity contribution in [1.82, 2.24) is 0 Å². The van der Waals surface area contributed by atoms with Gasteiger partial charge in [-0.2, -0.15) is 0 Å². The molecule has 0 spiro atoms. The molecule has 0 aliphatic heterocycles. The number of rotatable bonds is 13. The van der Waals surface area contributed by atoms with Crippen LogP contribution in [0.15, 0.2) is 40.9 Å². The van der Waals surface area contributed by atoms with Crippen LogP contribution in [0.3, 0.4) is 0 Å². The molecule has 0 aliphatic carbocycles. The molecule has 0 saturated heterocycles. The van der Waals surface area contributed by atoms with Crippen molar-refractivity contribution in [3.8, 4) is 0 Å². The zero-order valence-electron chi connectivity index (χ0n) is 16.4. The Balaban J connectivity index is 2.81. The van der Waals surface area contributed by atoms with Gasteiger partial charge in [-0.25, -0.2) is 0 Å². The Morgan fingerprint density at radius 1 is 0.960 bits per heavy atom. The predicted molar refractivity (Wildman–Crippen MR) is 118 cm³/mol.